The second kappa shape index (κ2) is 6.11. The van der Waals surface area contributed by atoms with Gasteiger partial charge in [0, 0.05) is 18.2 Å². The van der Waals surface area contributed by atoms with Crippen LogP contribution in [0.3, 0.4) is 0 Å². The number of carbonyl (C=O) groups is 1. The van der Waals surface area contributed by atoms with Gasteiger partial charge in [-0.25, -0.2) is 4.39 Å². The van der Waals surface area contributed by atoms with Crippen LogP contribution in [0.5, 0.6) is 0 Å². The van der Waals surface area contributed by atoms with Crippen molar-refractivity contribution >= 4 is 18.1 Å². The second-order valence-corrected chi connectivity index (χ2v) is 5.28. The Balaban J connectivity index is 1.96. The zero-order chi connectivity index (χ0) is 17.3. The highest BCUT2D eigenvalue weighted by Crippen LogP contribution is 2.27. The molecule has 3 aromatic rings. The lowest BCUT2D eigenvalue weighted by Gasteiger charge is -1.98. The molecule has 0 fully saturated rings. The van der Waals surface area contributed by atoms with Gasteiger partial charge in [0.05, 0.1) is 5.69 Å². The smallest absolute Gasteiger partial charge is 0.266 e. The van der Waals surface area contributed by atoms with Crippen molar-refractivity contribution in [1.82, 2.24) is 14.9 Å². The highest BCUT2D eigenvalue weighted by molar-refractivity contribution is 5.92. The molecule has 0 atom stereocenters. The summed E-state index contributed by atoms with van der Waals surface area (Å²) in [6, 6.07) is 7.60. The van der Waals surface area contributed by atoms with Gasteiger partial charge >= 0.3 is 0 Å². The van der Waals surface area contributed by atoms with Gasteiger partial charge < -0.3 is 10.3 Å². The Morgan fingerprint density at radius 3 is 2.62 bits per heavy atom. The summed E-state index contributed by atoms with van der Waals surface area (Å²) < 4.78 is 19.7. The van der Waals surface area contributed by atoms with E-state index in [0.717, 1.165) is 11.1 Å². The fraction of sp³-hybridized carbons (Fsp3) is 0.118. The molecule has 0 aliphatic rings. The minimum absolute atomic E-state index is 0.315. The predicted octanol–water partition coefficient (Wildman–Crippen LogP) is 2.79. The summed E-state index contributed by atoms with van der Waals surface area (Å²) in [4.78, 5) is 11.3. The predicted molar refractivity (Wildman–Crippen MR) is 87.3 cm³/mol. The molecule has 2 N–H and O–H groups in total. The molecule has 0 aliphatic carbocycles. The van der Waals surface area contributed by atoms with Crippen LogP contribution in [0, 0.1) is 12.7 Å². The Hall–Kier alpha value is -3.22. The standard InChI is InChI=1S/C17H15FN4O2/c1-10-14(8-7-13-9-15(17(19)23)22(2)20-13)16(21-24-10)11-3-5-12(18)6-4-11/h3-9H,1-2H3,(H2,19,23). The molecule has 2 heterocycles. The Kier molecular flexibility index (Phi) is 3.99. The molecule has 0 bridgehead atoms. The molecule has 122 valence electrons. The van der Waals surface area contributed by atoms with Gasteiger partial charge in [-0.3, -0.25) is 9.48 Å². The van der Waals surface area contributed by atoms with Crippen LogP contribution in [0.1, 0.15) is 27.5 Å². The molecule has 0 unspecified atom stereocenters. The molecule has 6 nitrogen and oxygen atoms in total. The fourth-order valence-corrected chi connectivity index (χ4v) is 2.36. The molecular formula is C17H15FN4O2. The summed E-state index contributed by atoms with van der Waals surface area (Å²) in [6.07, 6.45) is 3.52. The number of primary amides is 1. The van der Waals surface area contributed by atoms with Crippen LogP contribution in [-0.4, -0.2) is 20.8 Å². The monoisotopic (exact) mass is 326 g/mol. The normalized spacial score (nSPS) is 11.3. The quantitative estimate of drug-likeness (QED) is 0.798. The number of hydrogen-bond donors (Lipinski definition) is 1. The zero-order valence-corrected chi connectivity index (χ0v) is 13.2. The molecule has 0 saturated carbocycles. The van der Waals surface area contributed by atoms with Crippen LogP contribution in [0.4, 0.5) is 4.39 Å². The summed E-state index contributed by atoms with van der Waals surface area (Å²) in [5.74, 6) is -0.238. The van der Waals surface area contributed by atoms with Crippen molar-refractivity contribution in [3.63, 3.8) is 0 Å². The first kappa shape index (κ1) is 15.7. The van der Waals surface area contributed by atoms with Crippen LogP contribution >= 0.6 is 0 Å². The van der Waals surface area contributed by atoms with E-state index in [1.165, 1.54) is 16.8 Å². The molecule has 0 radical (unpaired) electrons. The molecule has 0 saturated heterocycles. The van der Waals surface area contributed by atoms with E-state index >= 15 is 0 Å². The number of hydrogen-bond acceptors (Lipinski definition) is 4. The number of aryl methyl sites for hydroxylation is 2. The van der Waals surface area contributed by atoms with Gasteiger partial charge in [0.1, 0.15) is 23.0 Å². The van der Waals surface area contributed by atoms with Crippen molar-refractivity contribution in [3.8, 4) is 11.3 Å². The maximum absolute atomic E-state index is 13.1. The first-order chi connectivity index (χ1) is 11.5. The van der Waals surface area contributed by atoms with Gasteiger partial charge in [0.2, 0.25) is 0 Å². The third kappa shape index (κ3) is 2.96. The van der Waals surface area contributed by atoms with Crippen molar-refractivity contribution in [2.24, 2.45) is 12.8 Å². The van der Waals surface area contributed by atoms with Gasteiger partial charge in [-0.1, -0.05) is 5.16 Å². The van der Waals surface area contributed by atoms with E-state index in [0.29, 0.717) is 22.8 Å². The third-order valence-corrected chi connectivity index (χ3v) is 3.60. The summed E-state index contributed by atoms with van der Waals surface area (Å²) >= 11 is 0. The number of nitrogens with zero attached hydrogens (tertiary/aromatic N) is 3. The first-order valence-electron chi connectivity index (χ1n) is 7.20. The van der Waals surface area contributed by atoms with E-state index in [1.54, 1.807) is 44.3 Å². The number of rotatable bonds is 4. The zero-order valence-electron chi connectivity index (χ0n) is 13.2. The summed E-state index contributed by atoms with van der Waals surface area (Å²) in [5.41, 5.74) is 8.28. The SMILES string of the molecule is Cc1onc(-c2ccc(F)cc2)c1C=Cc1cc(C(N)=O)n(C)n1. The number of benzene rings is 1. The minimum atomic E-state index is -0.544. The van der Waals surface area contributed by atoms with Gasteiger partial charge in [0.15, 0.2) is 0 Å². The van der Waals surface area contributed by atoms with Crippen LogP contribution in [0.2, 0.25) is 0 Å². The number of carbonyl (C=O) groups excluding carboxylic acids is 1. The summed E-state index contributed by atoms with van der Waals surface area (Å²) in [6.45, 7) is 1.78. The van der Waals surface area contributed by atoms with E-state index in [2.05, 4.69) is 10.3 Å². The fourth-order valence-electron chi connectivity index (χ4n) is 2.36. The molecule has 2 aromatic heterocycles. The number of halogens is 1. The average Bonchev–Trinajstić information content (AvgIpc) is 3.09. The molecule has 24 heavy (non-hydrogen) atoms. The highest BCUT2D eigenvalue weighted by Gasteiger charge is 2.13. The highest BCUT2D eigenvalue weighted by atomic mass is 19.1. The van der Waals surface area contributed by atoms with Crippen LogP contribution in [-0.2, 0) is 7.05 Å². The summed E-state index contributed by atoms with van der Waals surface area (Å²) in [7, 11) is 1.64. The Morgan fingerprint density at radius 2 is 2.00 bits per heavy atom. The molecule has 3 rings (SSSR count). The molecule has 1 aromatic carbocycles. The van der Waals surface area contributed by atoms with E-state index in [4.69, 9.17) is 10.3 Å². The van der Waals surface area contributed by atoms with Crippen LogP contribution in [0.25, 0.3) is 23.4 Å². The lowest BCUT2D eigenvalue weighted by Crippen LogP contribution is -2.15. The van der Waals surface area contributed by atoms with Crippen LogP contribution < -0.4 is 5.73 Å². The third-order valence-electron chi connectivity index (χ3n) is 3.60. The molecule has 1 amide bonds. The van der Waals surface area contributed by atoms with Gasteiger partial charge in [-0.05, 0) is 49.4 Å². The molecule has 0 aliphatic heterocycles. The maximum atomic E-state index is 13.1. The van der Waals surface area contributed by atoms with Gasteiger partial charge in [-0.15, -0.1) is 0 Å². The van der Waals surface area contributed by atoms with Crippen LogP contribution in [0.15, 0.2) is 34.9 Å². The van der Waals surface area contributed by atoms with Crippen molar-refractivity contribution in [2.75, 3.05) is 0 Å². The number of amides is 1. The molecular weight excluding hydrogens is 311 g/mol. The van der Waals surface area contributed by atoms with E-state index in [-0.39, 0.29) is 5.82 Å². The minimum Gasteiger partial charge on any atom is -0.364 e. The number of nitrogens with two attached hydrogens (primary N) is 1. The lowest BCUT2D eigenvalue weighted by atomic mass is 10.1. The topological polar surface area (TPSA) is 86.9 Å². The summed E-state index contributed by atoms with van der Waals surface area (Å²) in [5, 5.41) is 8.23. The van der Waals surface area contributed by atoms with E-state index < -0.39 is 5.91 Å². The second-order valence-electron chi connectivity index (χ2n) is 5.28. The van der Waals surface area contributed by atoms with Gasteiger partial charge in [0.25, 0.3) is 5.91 Å². The van der Waals surface area contributed by atoms with Gasteiger partial charge in [-0.2, -0.15) is 5.10 Å². The Morgan fingerprint density at radius 1 is 1.29 bits per heavy atom. The van der Waals surface area contributed by atoms with Crippen molar-refractivity contribution in [3.05, 3.63) is 58.9 Å². The average molecular weight is 326 g/mol. The van der Waals surface area contributed by atoms with Crippen molar-refractivity contribution in [2.45, 2.75) is 6.92 Å². The number of aromatic nitrogens is 3. The Bertz CT molecular complexity index is 923. The molecule has 0 spiro atoms. The Labute approximate surface area is 137 Å². The first-order valence-corrected chi connectivity index (χ1v) is 7.20. The van der Waals surface area contributed by atoms with Crippen molar-refractivity contribution < 1.29 is 13.7 Å². The largest absolute Gasteiger partial charge is 0.364 e. The van der Waals surface area contributed by atoms with Crippen molar-refractivity contribution in [1.29, 1.82) is 0 Å². The van der Waals surface area contributed by atoms with E-state index in [9.17, 15) is 9.18 Å². The molecule has 7 heteroatoms. The van der Waals surface area contributed by atoms with E-state index in [1.807, 2.05) is 0 Å². The maximum Gasteiger partial charge on any atom is 0.266 e. The lowest BCUT2D eigenvalue weighted by molar-refractivity contribution is 0.0991.